The van der Waals surface area contributed by atoms with Gasteiger partial charge in [-0.2, -0.15) is 0 Å². The van der Waals surface area contributed by atoms with Gasteiger partial charge in [-0.05, 0) is 18.8 Å². The number of hydrogen-bond donors (Lipinski definition) is 2. The van der Waals surface area contributed by atoms with E-state index in [4.69, 9.17) is 0 Å². The third-order valence-corrected chi connectivity index (χ3v) is 3.47. The molecule has 0 radical (unpaired) electrons. The van der Waals surface area contributed by atoms with E-state index in [-0.39, 0.29) is 12.1 Å². The lowest BCUT2D eigenvalue weighted by Gasteiger charge is -2.38. The highest BCUT2D eigenvalue weighted by Gasteiger charge is 2.34. The Kier molecular flexibility index (Phi) is 3.88. The first-order valence-corrected chi connectivity index (χ1v) is 6.36. The van der Waals surface area contributed by atoms with Crippen LogP contribution < -0.4 is 4.72 Å². The van der Waals surface area contributed by atoms with Crippen molar-refractivity contribution in [3.63, 3.8) is 0 Å². The average molecular weight is 205 g/mol. The number of hydrogen-bond acceptors (Lipinski definition) is 2. The Labute approximate surface area is 82.5 Å². The van der Waals surface area contributed by atoms with Crippen LogP contribution in [0.5, 0.6) is 0 Å². The molecule has 0 saturated heterocycles. The topological polar surface area (TPSA) is 49.3 Å². The predicted molar refractivity (Wildman–Crippen MR) is 54.7 cm³/mol. The average Bonchev–Trinajstić information content (AvgIpc) is 2.03. The summed E-state index contributed by atoms with van der Waals surface area (Å²) in [7, 11) is -1.03. The van der Waals surface area contributed by atoms with Crippen LogP contribution in [-0.4, -0.2) is 27.7 Å². The molecule has 3 atom stereocenters. The van der Waals surface area contributed by atoms with Gasteiger partial charge >= 0.3 is 0 Å². The van der Waals surface area contributed by atoms with Crippen molar-refractivity contribution in [1.29, 1.82) is 0 Å². The third-order valence-electron chi connectivity index (χ3n) is 2.75. The normalized spacial score (nSPS) is 37.3. The number of rotatable bonds is 3. The minimum Gasteiger partial charge on any atom is -0.394 e. The van der Waals surface area contributed by atoms with Gasteiger partial charge < -0.3 is 5.11 Å². The van der Waals surface area contributed by atoms with Gasteiger partial charge in [0.05, 0.1) is 23.1 Å². The second kappa shape index (κ2) is 4.53. The third kappa shape index (κ3) is 3.04. The van der Waals surface area contributed by atoms with Crippen molar-refractivity contribution in [2.75, 3.05) is 12.9 Å². The molecule has 13 heavy (non-hydrogen) atoms. The summed E-state index contributed by atoms with van der Waals surface area (Å²) in [5.74, 6) is 0.622. The van der Waals surface area contributed by atoms with E-state index < -0.39 is 11.0 Å². The summed E-state index contributed by atoms with van der Waals surface area (Å²) in [4.78, 5) is 0. The van der Waals surface area contributed by atoms with Crippen LogP contribution in [-0.2, 0) is 11.0 Å². The quantitative estimate of drug-likeness (QED) is 0.716. The van der Waals surface area contributed by atoms with Gasteiger partial charge in [-0.15, -0.1) is 0 Å². The molecule has 0 aliphatic heterocycles. The Morgan fingerprint density at radius 2 is 2.38 bits per heavy atom. The second-order valence-corrected chi connectivity index (χ2v) is 5.31. The first-order chi connectivity index (χ1) is 6.08. The van der Waals surface area contributed by atoms with Crippen LogP contribution >= 0.6 is 0 Å². The van der Waals surface area contributed by atoms with E-state index in [1.54, 1.807) is 6.26 Å². The largest absolute Gasteiger partial charge is 0.394 e. The van der Waals surface area contributed by atoms with E-state index in [0.717, 1.165) is 19.3 Å². The molecule has 2 N–H and O–H groups in total. The van der Waals surface area contributed by atoms with Crippen molar-refractivity contribution in [3.8, 4) is 0 Å². The molecule has 0 heterocycles. The Morgan fingerprint density at radius 1 is 1.69 bits per heavy atom. The van der Waals surface area contributed by atoms with Crippen molar-refractivity contribution in [2.24, 2.45) is 5.92 Å². The van der Waals surface area contributed by atoms with Gasteiger partial charge in [-0.25, -0.2) is 8.93 Å². The second-order valence-electron chi connectivity index (χ2n) is 4.20. The van der Waals surface area contributed by atoms with E-state index in [0.29, 0.717) is 5.92 Å². The van der Waals surface area contributed by atoms with Gasteiger partial charge in [0.2, 0.25) is 0 Å². The summed E-state index contributed by atoms with van der Waals surface area (Å²) < 4.78 is 14.1. The Balaban J connectivity index is 2.61. The van der Waals surface area contributed by atoms with Gasteiger partial charge in [0.15, 0.2) is 0 Å². The lowest BCUT2D eigenvalue weighted by molar-refractivity contribution is 0.121. The molecule has 0 aromatic heterocycles. The van der Waals surface area contributed by atoms with E-state index in [2.05, 4.69) is 11.6 Å². The van der Waals surface area contributed by atoms with Crippen molar-refractivity contribution in [1.82, 2.24) is 4.72 Å². The van der Waals surface area contributed by atoms with E-state index in [9.17, 15) is 9.32 Å². The van der Waals surface area contributed by atoms with Gasteiger partial charge in [0.25, 0.3) is 0 Å². The molecule has 4 heteroatoms. The maximum atomic E-state index is 11.1. The number of aliphatic hydroxyl groups is 1. The summed E-state index contributed by atoms with van der Waals surface area (Å²) in [5.41, 5.74) is -0.280. The molecule has 3 unspecified atom stereocenters. The van der Waals surface area contributed by atoms with Crippen molar-refractivity contribution in [2.45, 2.75) is 38.1 Å². The Bertz CT molecular complexity index is 198. The molecule has 1 rings (SSSR count). The highest BCUT2D eigenvalue weighted by Crippen LogP contribution is 2.31. The molecule has 1 fully saturated rings. The fraction of sp³-hybridized carbons (Fsp3) is 1.00. The number of nitrogens with one attached hydrogen (secondary N) is 1. The SMILES string of the molecule is CC1CCCC(CO)(NS(C)=O)C1. The van der Waals surface area contributed by atoms with Gasteiger partial charge in [-0.1, -0.05) is 19.8 Å². The Morgan fingerprint density at radius 3 is 2.85 bits per heavy atom. The molecular weight excluding hydrogens is 186 g/mol. The molecule has 1 aliphatic rings. The zero-order valence-corrected chi connectivity index (χ0v) is 9.19. The fourth-order valence-electron chi connectivity index (χ4n) is 2.23. The van der Waals surface area contributed by atoms with Crippen LogP contribution in [0.2, 0.25) is 0 Å². The predicted octanol–water partition coefficient (Wildman–Crippen LogP) is 0.811. The summed E-state index contributed by atoms with van der Waals surface area (Å²) in [6.07, 6.45) is 5.83. The highest BCUT2D eigenvalue weighted by atomic mass is 32.2. The molecule has 1 aliphatic carbocycles. The van der Waals surface area contributed by atoms with E-state index in [1.807, 2.05) is 0 Å². The zero-order chi connectivity index (χ0) is 9.90. The summed E-state index contributed by atoms with van der Waals surface area (Å²) in [5, 5.41) is 9.31. The first kappa shape index (κ1) is 11.1. The molecule has 1 saturated carbocycles. The number of aliphatic hydroxyl groups excluding tert-OH is 1. The molecule has 0 spiro atoms. The molecular formula is C9H19NO2S. The summed E-state index contributed by atoms with van der Waals surface area (Å²) in [6, 6.07) is 0. The van der Waals surface area contributed by atoms with Crippen molar-refractivity contribution < 1.29 is 9.32 Å². The molecule has 0 bridgehead atoms. The van der Waals surface area contributed by atoms with E-state index >= 15 is 0 Å². The molecule has 0 aromatic rings. The molecule has 3 nitrogen and oxygen atoms in total. The van der Waals surface area contributed by atoms with Crippen LogP contribution in [0, 0.1) is 5.92 Å². The van der Waals surface area contributed by atoms with Crippen LogP contribution in [0.3, 0.4) is 0 Å². The lowest BCUT2D eigenvalue weighted by atomic mass is 9.78. The van der Waals surface area contributed by atoms with Gasteiger partial charge in [-0.3, -0.25) is 0 Å². The monoisotopic (exact) mass is 205 g/mol. The lowest BCUT2D eigenvalue weighted by Crippen LogP contribution is -2.51. The molecule has 78 valence electrons. The van der Waals surface area contributed by atoms with Gasteiger partial charge in [0, 0.05) is 6.26 Å². The summed E-state index contributed by atoms with van der Waals surface area (Å²) in [6.45, 7) is 2.28. The van der Waals surface area contributed by atoms with Crippen molar-refractivity contribution >= 4 is 11.0 Å². The van der Waals surface area contributed by atoms with Crippen LogP contribution in [0.15, 0.2) is 0 Å². The molecule has 0 amide bonds. The Hall–Kier alpha value is 0.0700. The zero-order valence-electron chi connectivity index (χ0n) is 8.38. The first-order valence-electron chi connectivity index (χ1n) is 4.80. The smallest absolute Gasteiger partial charge is 0.0889 e. The van der Waals surface area contributed by atoms with Crippen molar-refractivity contribution in [3.05, 3.63) is 0 Å². The molecule has 0 aromatic carbocycles. The van der Waals surface area contributed by atoms with Crippen LogP contribution in [0.4, 0.5) is 0 Å². The van der Waals surface area contributed by atoms with Gasteiger partial charge in [0.1, 0.15) is 0 Å². The maximum Gasteiger partial charge on any atom is 0.0889 e. The summed E-state index contributed by atoms with van der Waals surface area (Å²) >= 11 is 0. The minimum atomic E-state index is -1.03. The minimum absolute atomic E-state index is 0.0942. The highest BCUT2D eigenvalue weighted by molar-refractivity contribution is 7.82. The maximum absolute atomic E-state index is 11.1. The van der Waals surface area contributed by atoms with Crippen LogP contribution in [0.1, 0.15) is 32.6 Å². The van der Waals surface area contributed by atoms with Crippen LogP contribution in [0.25, 0.3) is 0 Å². The standard InChI is InChI=1S/C9H19NO2S/c1-8-4-3-5-9(6-8,7-11)10-13(2)12/h8,10-11H,3-7H2,1-2H3. The fourth-order valence-corrected chi connectivity index (χ4v) is 3.09. The van der Waals surface area contributed by atoms with E-state index in [1.165, 1.54) is 6.42 Å².